The van der Waals surface area contributed by atoms with Crippen LogP contribution in [0, 0.1) is 11.6 Å². The molecule has 2 aliphatic rings. The third kappa shape index (κ3) is 3.45. The van der Waals surface area contributed by atoms with Gasteiger partial charge < -0.3 is 15.3 Å². The molecule has 126 valence electrons. The summed E-state index contributed by atoms with van der Waals surface area (Å²) in [5.41, 5.74) is -1.45. The van der Waals surface area contributed by atoms with Gasteiger partial charge in [0.15, 0.2) is 17.2 Å². The average molecular weight is 342 g/mol. The number of nitrogens with one attached hydrogen (secondary N) is 1. The van der Waals surface area contributed by atoms with Crippen molar-refractivity contribution in [2.24, 2.45) is 0 Å². The zero-order chi connectivity index (χ0) is 16.4. The van der Waals surface area contributed by atoms with E-state index >= 15 is 0 Å². The van der Waals surface area contributed by atoms with Crippen molar-refractivity contribution in [2.75, 3.05) is 34.8 Å². The fourth-order valence-electron chi connectivity index (χ4n) is 3.04. The van der Waals surface area contributed by atoms with E-state index in [1.165, 1.54) is 11.8 Å². The number of benzene rings is 1. The van der Waals surface area contributed by atoms with Crippen molar-refractivity contribution in [3.8, 4) is 0 Å². The van der Waals surface area contributed by atoms with Crippen molar-refractivity contribution in [3.63, 3.8) is 0 Å². The second kappa shape index (κ2) is 6.65. The summed E-state index contributed by atoms with van der Waals surface area (Å²) in [6.07, 6.45) is 3.26. The number of piperidine rings is 1. The Labute approximate surface area is 138 Å². The van der Waals surface area contributed by atoms with Crippen molar-refractivity contribution in [2.45, 2.75) is 31.3 Å². The molecule has 0 spiro atoms. The van der Waals surface area contributed by atoms with Crippen LogP contribution in [0.3, 0.4) is 0 Å². The van der Waals surface area contributed by atoms with Gasteiger partial charge in [0, 0.05) is 24.5 Å². The third-order valence-corrected chi connectivity index (χ3v) is 5.55. The van der Waals surface area contributed by atoms with E-state index in [1.807, 2.05) is 0 Å². The molecule has 1 atom stereocenters. The number of rotatable bonds is 3. The Bertz CT molecular complexity index is 577. The molecule has 2 aliphatic heterocycles. The minimum Gasteiger partial charge on any atom is -0.379 e. The first kappa shape index (κ1) is 16.5. The van der Waals surface area contributed by atoms with Crippen molar-refractivity contribution in [1.82, 2.24) is 0 Å². The van der Waals surface area contributed by atoms with E-state index in [0.29, 0.717) is 31.0 Å². The normalized spacial score (nSPS) is 24.7. The molecule has 1 aromatic rings. The van der Waals surface area contributed by atoms with Gasteiger partial charge in [-0.1, -0.05) is 0 Å². The van der Waals surface area contributed by atoms with E-state index in [4.69, 9.17) is 0 Å². The van der Waals surface area contributed by atoms with Crippen molar-refractivity contribution in [1.29, 1.82) is 0 Å². The SMILES string of the molecule is O=C(Nc1cc(F)c(N2CCCCC2)c(F)c1)C1(O)CCSC1. The second-order valence-corrected chi connectivity index (χ2v) is 7.23. The van der Waals surface area contributed by atoms with E-state index in [0.717, 1.165) is 31.4 Å². The number of hydrogen-bond acceptors (Lipinski definition) is 4. The molecule has 0 radical (unpaired) electrons. The largest absolute Gasteiger partial charge is 0.379 e. The van der Waals surface area contributed by atoms with Gasteiger partial charge in [-0.15, -0.1) is 0 Å². The predicted molar refractivity (Wildman–Crippen MR) is 87.9 cm³/mol. The van der Waals surface area contributed by atoms with Crippen molar-refractivity contribution < 1.29 is 18.7 Å². The highest BCUT2D eigenvalue weighted by Crippen LogP contribution is 2.32. The molecular weight excluding hydrogens is 322 g/mol. The molecule has 1 unspecified atom stereocenters. The summed E-state index contributed by atoms with van der Waals surface area (Å²) < 4.78 is 28.6. The molecular formula is C16H20F2N2O2S. The number of aliphatic hydroxyl groups is 1. The molecule has 3 rings (SSSR count). The van der Waals surface area contributed by atoms with Gasteiger partial charge >= 0.3 is 0 Å². The summed E-state index contributed by atoms with van der Waals surface area (Å²) in [5.74, 6) is -0.979. The van der Waals surface area contributed by atoms with Crippen LogP contribution in [0.25, 0.3) is 0 Å². The fourth-order valence-corrected chi connectivity index (χ4v) is 4.28. The zero-order valence-corrected chi connectivity index (χ0v) is 13.6. The van der Waals surface area contributed by atoms with Gasteiger partial charge in [-0.2, -0.15) is 11.8 Å². The van der Waals surface area contributed by atoms with Crippen LogP contribution in [-0.4, -0.2) is 41.2 Å². The van der Waals surface area contributed by atoms with Crippen molar-refractivity contribution >= 4 is 29.0 Å². The topological polar surface area (TPSA) is 52.6 Å². The number of amides is 1. The van der Waals surface area contributed by atoms with Crippen molar-refractivity contribution in [3.05, 3.63) is 23.8 Å². The molecule has 1 aromatic carbocycles. The van der Waals surface area contributed by atoms with Crippen LogP contribution in [0.15, 0.2) is 12.1 Å². The lowest BCUT2D eigenvalue weighted by atomic mass is 10.0. The van der Waals surface area contributed by atoms with Gasteiger partial charge in [0.2, 0.25) is 0 Å². The summed E-state index contributed by atoms with van der Waals surface area (Å²) in [4.78, 5) is 13.8. The van der Waals surface area contributed by atoms with Crippen LogP contribution < -0.4 is 10.2 Å². The molecule has 23 heavy (non-hydrogen) atoms. The first-order valence-electron chi connectivity index (χ1n) is 7.85. The zero-order valence-electron chi connectivity index (χ0n) is 12.8. The van der Waals surface area contributed by atoms with Gasteiger partial charge in [-0.25, -0.2) is 8.78 Å². The quantitative estimate of drug-likeness (QED) is 0.887. The highest BCUT2D eigenvalue weighted by molar-refractivity contribution is 7.99. The van der Waals surface area contributed by atoms with Gasteiger partial charge in [0.25, 0.3) is 5.91 Å². The maximum Gasteiger partial charge on any atom is 0.257 e. The molecule has 2 heterocycles. The molecule has 2 N–H and O–H groups in total. The average Bonchev–Trinajstić information content (AvgIpc) is 2.96. The summed E-state index contributed by atoms with van der Waals surface area (Å²) in [6, 6.07) is 2.24. The number of halogens is 2. The Morgan fingerprint density at radius 3 is 2.43 bits per heavy atom. The second-order valence-electron chi connectivity index (χ2n) is 6.12. The lowest BCUT2D eigenvalue weighted by Crippen LogP contribution is -2.42. The molecule has 4 nitrogen and oxygen atoms in total. The monoisotopic (exact) mass is 342 g/mol. The molecule has 1 amide bonds. The summed E-state index contributed by atoms with van der Waals surface area (Å²) in [5, 5.41) is 12.6. The molecule has 2 fully saturated rings. The Morgan fingerprint density at radius 2 is 1.87 bits per heavy atom. The molecule has 0 aromatic heterocycles. The smallest absolute Gasteiger partial charge is 0.257 e. The lowest BCUT2D eigenvalue weighted by Gasteiger charge is -2.29. The highest BCUT2D eigenvalue weighted by Gasteiger charge is 2.39. The molecule has 7 heteroatoms. The van der Waals surface area contributed by atoms with Crippen LogP contribution in [0.4, 0.5) is 20.2 Å². The van der Waals surface area contributed by atoms with Gasteiger partial charge in [-0.3, -0.25) is 4.79 Å². The molecule has 0 aliphatic carbocycles. The van der Waals surface area contributed by atoms with Crippen LogP contribution >= 0.6 is 11.8 Å². The maximum atomic E-state index is 14.3. The van der Waals surface area contributed by atoms with E-state index in [9.17, 15) is 18.7 Å². The van der Waals surface area contributed by atoms with Gasteiger partial charge in [0.1, 0.15) is 5.69 Å². The van der Waals surface area contributed by atoms with Gasteiger partial charge in [0.05, 0.1) is 0 Å². The Morgan fingerprint density at radius 1 is 1.22 bits per heavy atom. The van der Waals surface area contributed by atoms with E-state index < -0.39 is 23.1 Å². The minimum absolute atomic E-state index is 0.0298. The van der Waals surface area contributed by atoms with Crippen LogP contribution in [0.5, 0.6) is 0 Å². The number of anilines is 2. The van der Waals surface area contributed by atoms with E-state index in [1.54, 1.807) is 4.90 Å². The number of carbonyl (C=O) groups excluding carboxylic acids is 1. The minimum atomic E-state index is -1.46. The molecule has 0 bridgehead atoms. The standard InChI is InChI=1S/C16H20F2N2O2S/c17-12-8-11(19-15(21)16(22)4-7-23-10-16)9-13(18)14(12)20-5-2-1-3-6-20/h8-9,22H,1-7,10H2,(H,19,21). The molecule has 0 saturated carbocycles. The molecule has 2 saturated heterocycles. The van der Waals surface area contributed by atoms with Crippen LogP contribution in [-0.2, 0) is 4.79 Å². The van der Waals surface area contributed by atoms with E-state index in [-0.39, 0.29) is 11.4 Å². The Hall–Kier alpha value is -1.34. The summed E-state index contributed by atoms with van der Waals surface area (Å²) in [6.45, 7) is 1.27. The number of hydrogen-bond donors (Lipinski definition) is 2. The fraction of sp³-hybridized carbons (Fsp3) is 0.562. The van der Waals surface area contributed by atoms with E-state index in [2.05, 4.69) is 5.32 Å². The highest BCUT2D eigenvalue weighted by atomic mass is 32.2. The number of carbonyl (C=O) groups is 1. The Balaban J connectivity index is 1.78. The third-order valence-electron chi connectivity index (χ3n) is 4.37. The summed E-state index contributed by atoms with van der Waals surface area (Å²) in [7, 11) is 0. The lowest BCUT2D eigenvalue weighted by molar-refractivity contribution is -0.131. The summed E-state index contributed by atoms with van der Waals surface area (Å²) >= 11 is 1.48. The van der Waals surface area contributed by atoms with Crippen LogP contribution in [0.2, 0.25) is 0 Å². The predicted octanol–water partition coefficient (Wildman–Crippen LogP) is 2.76. The van der Waals surface area contributed by atoms with Gasteiger partial charge in [-0.05, 0) is 43.6 Å². The van der Waals surface area contributed by atoms with Crippen LogP contribution in [0.1, 0.15) is 25.7 Å². The Kier molecular flexibility index (Phi) is 4.77. The number of thioether (sulfide) groups is 1. The number of nitrogens with zero attached hydrogens (tertiary/aromatic N) is 1. The maximum absolute atomic E-state index is 14.3. The first-order chi connectivity index (χ1) is 11.0. The first-order valence-corrected chi connectivity index (χ1v) is 9.01.